The van der Waals surface area contributed by atoms with Crippen LogP contribution in [0.5, 0.6) is 0 Å². The topological polar surface area (TPSA) is 42.3 Å². The van der Waals surface area contributed by atoms with E-state index >= 15 is 0 Å². The average Bonchev–Trinajstić information content (AvgIpc) is 2.32. The third-order valence-corrected chi connectivity index (χ3v) is 2.33. The van der Waals surface area contributed by atoms with Crippen molar-refractivity contribution in [2.45, 2.75) is 6.92 Å². The summed E-state index contributed by atoms with van der Waals surface area (Å²) in [7, 11) is 0. The van der Waals surface area contributed by atoms with Gasteiger partial charge in [0.25, 0.3) is 0 Å². The molecule has 3 heteroatoms. The molecule has 0 amide bonds. The minimum Gasteiger partial charge on any atom is -0.262 e. The highest BCUT2D eigenvalue weighted by atomic mass is 16.1. The first kappa shape index (κ1) is 10.3. The lowest BCUT2D eigenvalue weighted by molar-refractivity contribution is 0.565. The molecule has 0 radical (unpaired) electrons. The third-order valence-electron chi connectivity index (χ3n) is 2.33. The molecule has 0 saturated carbocycles. The van der Waals surface area contributed by atoms with Gasteiger partial charge in [-0.15, -0.1) is 0 Å². The highest BCUT2D eigenvalue weighted by Gasteiger charge is 2.03. The standard InChI is InChI=1S/C13H10N2O/c1-10-2-4-11(5-3-10)12-6-7-14-8-13(12)15-9-16/h2-8H,1H3. The van der Waals surface area contributed by atoms with Gasteiger partial charge in [-0.1, -0.05) is 29.8 Å². The first-order valence-electron chi connectivity index (χ1n) is 4.90. The molecule has 0 N–H and O–H groups in total. The summed E-state index contributed by atoms with van der Waals surface area (Å²) in [5.74, 6) is 0. The van der Waals surface area contributed by atoms with Crippen LogP contribution in [0.25, 0.3) is 11.1 Å². The molecule has 0 aliphatic rings. The van der Waals surface area contributed by atoms with Crippen LogP contribution in [0.2, 0.25) is 0 Å². The molecule has 0 aliphatic carbocycles. The van der Waals surface area contributed by atoms with Crippen LogP contribution in [0.3, 0.4) is 0 Å². The maximum absolute atomic E-state index is 10.3. The summed E-state index contributed by atoms with van der Waals surface area (Å²) in [6.45, 7) is 2.03. The van der Waals surface area contributed by atoms with Crippen molar-refractivity contribution in [1.29, 1.82) is 0 Å². The Bertz CT molecular complexity index is 540. The number of rotatable bonds is 2. The van der Waals surface area contributed by atoms with Crippen LogP contribution in [-0.2, 0) is 4.79 Å². The van der Waals surface area contributed by atoms with E-state index in [0.717, 1.165) is 11.1 Å². The van der Waals surface area contributed by atoms with Gasteiger partial charge < -0.3 is 0 Å². The van der Waals surface area contributed by atoms with Crippen LogP contribution >= 0.6 is 0 Å². The zero-order valence-electron chi connectivity index (χ0n) is 8.84. The van der Waals surface area contributed by atoms with Crippen molar-refractivity contribution in [3.8, 4) is 11.1 Å². The zero-order chi connectivity index (χ0) is 11.4. The first-order valence-corrected chi connectivity index (χ1v) is 4.90. The lowest BCUT2D eigenvalue weighted by Crippen LogP contribution is -1.81. The van der Waals surface area contributed by atoms with Gasteiger partial charge in [-0.2, -0.15) is 4.99 Å². The van der Waals surface area contributed by atoms with Gasteiger partial charge >= 0.3 is 0 Å². The summed E-state index contributed by atoms with van der Waals surface area (Å²) in [5, 5.41) is 0. The maximum Gasteiger partial charge on any atom is 0.240 e. The lowest BCUT2D eigenvalue weighted by atomic mass is 10.0. The highest BCUT2D eigenvalue weighted by molar-refractivity contribution is 5.76. The predicted octanol–water partition coefficient (Wildman–Crippen LogP) is 3.02. The molecule has 0 spiro atoms. The predicted molar refractivity (Wildman–Crippen MR) is 62.2 cm³/mol. The Hall–Kier alpha value is -2.25. The Morgan fingerprint density at radius 3 is 2.62 bits per heavy atom. The van der Waals surface area contributed by atoms with Crippen molar-refractivity contribution >= 4 is 11.8 Å². The molecule has 3 nitrogen and oxygen atoms in total. The molecule has 16 heavy (non-hydrogen) atoms. The van der Waals surface area contributed by atoms with Crippen molar-refractivity contribution in [3.05, 3.63) is 48.3 Å². The quantitative estimate of drug-likeness (QED) is 0.564. The number of nitrogens with zero attached hydrogens (tertiary/aromatic N) is 2. The van der Waals surface area contributed by atoms with E-state index in [-0.39, 0.29) is 0 Å². The first-order chi connectivity index (χ1) is 7.81. The SMILES string of the molecule is Cc1ccc(-c2ccncc2N=C=O)cc1. The van der Waals surface area contributed by atoms with Gasteiger partial charge in [0.05, 0.1) is 6.20 Å². The summed E-state index contributed by atoms with van der Waals surface area (Å²) in [5.41, 5.74) is 3.64. The van der Waals surface area contributed by atoms with Gasteiger partial charge in [0.15, 0.2) is 0 Å². The van der Waals surface area contributed by atoms with Gasteiger partial charge in [-0.3, -0.25) is 4.98 Å². The number of hydrogen-bond acceptors (Lipinski definition) is 3. The molecule has 1 aromatic heterocycles. The average molecular weight is 210 g/mol. The minimum absolute atomic E-state index is 0.543. The Labute approximate surface area is 93.5 Å². The Kier molecular flexibility index (Phi) is 2.90. The number of isocyanates is 1. The number of benzene rings is 1. The lowest BCUT2D eigenvalue weighted by Gasteiger charge is -2.04. The molecular weight excluding hydrogens is 200 g/mol. The summed E-state index contributed by atoms with van der Waals surface area (Å²) in [6, 6.07) is 9.86. The Balaban J connectivity index is 2.55. The van der Waals surface area contributed by atoms with Crippen molar-refractivity contribution in [1.82, 2.24) is 4.98 Å². The van der Waals surface area contributed by atoms with E-state index in [0.29, 0.717) is 5.69 Å². The minimum atomic E-state index is 0.543. The molecule has 1 heterocycles. The van der Waals surface area contributed by atoms with Gasteiger partial charge in [0.2, 0.25) is 6.08 Å². The van der Waals surface area contributed by atoms with E-state index in [2.05, 4.69) is 9.98 Å². The second kappa shape index (κ2) is 4.51. The molecule has 0 aliphatic heterocycles. The molecule has 78 valence electrons. The number of carbonyl (C=O) groups excluding carboxylic acids is 1. The van der Waals surface area contributed by atoms with Crippen LogP contribution in [0.1, 0.15) is 5.56 Å². The normalized spacial score (nSPS) is 9.56. The fourth-order valence-corrected chi connectivity index (χ4v) is 1.50. The Morgan fingerprint density at radius 1 is 1.19 bits per heavy atom. The second-order valence-electron chi connectivity index (χ2n) is 3.46. The molecule has 0 fully saturated rings. The van der Waals surface area contributed by atoms with Crippen LogP contribution in [0.15, 0.2) is 47.7 Å². The van der Waals surface area contributed by atoms with Crippen LogP contribution in [0.4, 0.5) is 5.69 Å². The summed E-state index contributed by atoms with van der Waals surface area (Å²) in [6.07, 6.45) is 4.78. The van der Waals surface area contributed by atoms with E-state index in [1.54, 1.807) is 18.5 Å². The van der Waals surface area contributed by atoms with Crippen LogP contribution in [-0.4, -0.2) is 11.1 Å². The summed E-state index contributed by atoms with van der Waals surface area (Å²) >= 11 is 0. The molecule has 0 atom stereocenters. The molecule has 0 saturated heterocycles. The van der Waals surface area contributed by atoms with Crippen LogP contribution < -0.4 is 0 Å². The van der Waals surface area contributed by atoms with Crippen molar-refractivity contribution in [3.63, 3.8) is 0 Å². The number of aryl methyl sites for hydroxylation is 1. The smallest absolute Gasteiger partial charge is 0.240 e. The van der Waals surface area contributed by atoms with E-state index in [1.165, 1.54) is 5.56 Å². The van der Waals surface area contributed by atoms with Gasteiger partial charge in [0.1, 0.15) is 5.69 Å². The highest BCUT2D eigenvalue weighted by Crippen LogP contribution is 2.28. The fourth-order valence-electron chi connectivity index (χ4n) is 1.50. The van der Waals surface area contributed by atoms with Crippen LogP contribution in [0, 0.1) is 6.92 Å². The second-order valence-corrected chi connectivity index (χ2v) is 3.46. The number of hydrogen-bond donors (Lipinski definition) is 0. The summed E-state index contributed by atoms with van der Waals surface area (Å²) in [4.78, 5) is 17.9. The number of pyridine rings is 1. The summed E-state index contributed by atoms with van der Waals surface area (Å²) < 4.78 is 0. The zero-order valence-corrected chi connectivity index (χ0v) is 8.84. The number of aromatic nitrogens is 1. The molecular formula is C13H10N2O. The van der Waals surface area contributed by atoms with Crippen molar-refractivity contribution in [2.24, 2.45) is 4.99 Å². The third kappa shape index (κ3) is 2.05. The largest absolute Gasteiger partial charge is 0.262 e. The molecule has 2 aromatic rings. The molecule has 0 unspecified atom stereocenters. The van der Waals surface area contributed by atoms with E-state index in [4.69, 9.17) is 0 Å². The molecule has 0 bridgehead atoms. The van der Waals surface area contributed by atoms with E-state index in [9.17, 15) is 4.79 Å². The van der Waals surface area contributed by atoms with Gasteiger partial charge in [0, 0.05) is 11.8 Å². The number of aliphatic imine (C=N–C) groups is 1. The van der Waals surface area contributed by atoms with Gasteiger partial charge in [-0.05, 0) is 18.6 Å². The molecule has 1 aromatic carbocycles. The van der Waals surface area contributed by atoms with Crippen molar-refractivity contribution < 1.29 is 4.79 Å². The Morgan fingerprint density at radius 2 is 1.94 bits per heavy atom. The molecule has 2 rings (SSSR count). The van der Waals surface area contributed by atoms with Crippen molar-refractivity contribution in [2.75, 3.05) is 0 Å². The van der Waals surface area contributed by atoms with Gasteiger partial charge in [-0.25, -0.2) is 4.79 Å². The fraction of sp³-hybridized carbons (Fsp3) is 0.0769. The maximum atomic E-state index is 10.3. The monoisotopic (exact) mass is 210 g/mol. The van der Waals surface area contributed by atoms with E-state index < -0.39 is 0 Å². The van der Waals surface area contributed by atoms with E-state index in [1.807, 2.05) is 37.3 Å².